The first kappa shape index (κ1) is 17.3. The monoisotopic (exact) mass is 352 g/mol. The summed E-state index contributed by atoms with van der Waals surface area (Å²) in [4.78, 5) is 35.1. The van der Waals surface area contributed by atoms with Gasteiger partial charge in [0.25, 0.3) is 5.70 Å². The third-order valence-corrected chi connectivity index (χ3v) is 4.21. The molecule has 0 bridgehead atoms. The van der Waals surface area contributed by atoms with Gasteiger partial charge in [-0.25, -0.2) is 0 Å². The van der Waals surface area contributed by atoms with Gasteiger partial charge in [-0.1, -0.05) is 18.2 Å². The molecule has 3 rings (SSSR count). The number of carbonyl (C=O) groups excluding carboxylic acids is 1. The normalized spacial score (nSPS) is 19.0. The van der Waals surface area contributed by atoms with Crippen LogP contribution in [0.4, 0.5) is 5.69 Å². The van der Waals surface area contributed by atoms with Gasteiger partial charge in [-0.2, -0.15) is 0 Å². The lowest BCUT2D eigenvalue weighted by Gasteiger charge is -2.20. The number of carboxylic acids is 1. The molecule has 0 aromatic heterocycles. The molecule has 1 aromatic rings. The van der Waals surface area contributed by atoms with Crippen LogP contribution in [0.25, 0.3) is 0 Å². The number of nitrogens with zero attached hydrogens (tertiary/aromatic N) is 2. The van der Waals surface area contributed by atoms with Crippen LogP contribution >= 0.6 is 0 Å². The topological polar surface area (TPSA) is 101 Å². The van der Waals surface area contributed by atoms with Gasteiger partial charge < -0.3 is 10.0 Å². The van der Waals surface area contributed by atoms with Crippen molar-refractivity contribution in [3.63, 3.8) is 0 Å². The maximum absolute atomic E-state index is 11.9. The van der Waals surface area contributed by atoms with E-state index in [1.807, 2.05) is 29.2 Å². The average molecular weight is 352 g/mol. The van der Waals surface area contributed by atoms with Crippen molar-refractivity contribution < 1.29 is 19.6 Å². The molecule has 0 saturated heterocycles. The van der Waals surface area contributed by atoms with Crippen molar-refractivity contribution in [1.82, 2.24) is 0 Å². The molecule has 1 aromatic carbocycles. The Bertz CT molecular complexity index is 908. The Morgan fingerprint density at radius 1 is 1.27 bits per heavy atom. The molecule has 1 heterocycles. The van der Waals surface area contributed by atoms with E-state index in [2.05, 4.69) is 0 Å². The molecule has 0 atom stereocenters. The van der Waals surface area contributed by atoms with Gasteiger partial charge in [-0.3, -0.25) is 19.7 Å². The van der Waals surface area contributed by atoms with Crippen LogP contribution in [0.3, 0.4) is 0 Å². The lowest BCUT2D eigenvalue weighted by molar-refractivity contribution is -0.419. The predicted octanol–water partition coefficient (Wildman–Crippen LogP) is 2.63. The van der Waals surface area contributed by atoms with Crippen molar-refractivity contribution in [1.29, 1.82) is 0 Å². The fourth-order valence-corrected chi connectivity index (χ4v) is 2.95. The molecule has 2 aliphatic rings. The first-order chi connectivity index (χ1) is 12.5. The highest BCUT2D eigenvalue weighted by Gasteiger charge is 2.24. The Hall–Kier alpha value is -3.48. The fraction of sp³-hybridized carbons (Fsp3) is 0.158. The van der Waals surface area contributed by atoms with Crippen LogP contribution in [-0.4, -0.2) is 28.3 Å². The number of carboxylic acid groups (broad SMARTS) is 1. The number of para-hydroxylation sites is 1. The number of anilines is 1. The second-order valence-corrected chi connectivity index (χ2v) is 5.90. The smallest absolute Gasteiger partial charge is 0.305 e. The summed E-state index contributed by atoms with van der Waals surface area (Å²) in [7, 11) is 0. The average Bonchev–Trinajstić information content (AvgIpc) is 2.96. The highest BCUT2D eigenvalue weighted by Crippen LogP contribution is 2.34. The molecule has 0 saturated carbocycles. The summed E-state index contributed by atoms with van der Waals surface area (Å²) in [6.07, 6.45) is 7.45. The number of hydrogen-bond acceptors (Lipinski definition) is 5. The van der Waals surface area contributed by atoms with Gasteiger partial charge in [0.1, 0.15) is 0 Å². The van der Waals surface area contributed by atoms with E-state index < -0.39 is 10.9 Å². The molecule has 7 heteroatoms. The Balaban J connectivity index is 1.91. The van der Waals surface area contributed by atoms with E-state index in [1.54, 1.807) is 12.2 Å². The number of aliphatic carboxylic acids is 1. The molecule has 0 radical (unpaired) electrons. The van der Waals surface area contributed by atoms with E-state index in [-0.39, 0.29) is 23.5 Å². The van der Waals surface area contributed by atoms with Crippen LogP contribution in [0.5, 0.6) is 0 Å². The van der Waals surface area contributed by atoms with Gasteiger partial charge in [0.2, 0.25) is 0 Å². The highest BCUT2D eigenvalue weighted by molar-refractivity contribution is 6.07. The Morgan fingerprint density at radius 2 is 2.04 bits per heavy atom. The van der Waals surface area contributed by atoms with Crippen LogP contribution in [-0.2, 0) is 16.0 Å². The van der Waals surface area contributed by atoms with E-state index in [9.17, 15) is 19.7 Å². The molecule has 26 heavy (non-hydrogen) atoms. The number of carbonyl (C=O) groups is 2. The molecule has 132 valence electrons. The Labute approximate surface area is 149 Å². The summed E-state index contributed by atoms with van der Waals surface area (Å²) in [5.74, 6) is -1.20. The molecular weight excluding hydrogens is 336 g/mol. The molecule has 0 fully saturated rings. The lowest BCUT2D eigenvalue weighted by Crippen LogP contribution is -2.22. The summed E-state index contributed by atoms with van der Waals surface area (Å²) >= 11 is 0. The summed E-state index contributed by atoms with van der Waals surface area (Å²) < 4.78 is 0. The number of benzene rings is 1. The van der Waals surface area contributed by atoms with Crippen molar-refractivity contribution in [2.24, 2.45) is 0 Å². The highest BCUT2D eigenvalue weighted by atomic mass is 16.6. The van der Waals surface area contributed by atoms with Gasteiger partial charge in [0, 0.05) is 42.1 Å². The zero-order chi connectivity index (χ0) is 18.7. The standard InChI is InChI=1S/C19H16N2O5/c22-18-8-7-16(21(25)26)12-14(18)5-6-15-11-13-3-1-2-4-17(13)20(15)10-9-19(23)24/h1-8,12H,9-11H2,(H,23,24). The SMILES string of the molecule is O=C(O)CCN1C(=CC=C2C=C([N+](=O)[O-])C=CC2=O)Cc2ccccc21. The minimum Gasteiger partial charge on any atom is -0.481 e. The second-order valence-electron chi connectivity index (χ2n) is 5.90. The van der Waals surface area contributed by atoms with Crippen molar-refractivity contribution in [3.8, 4) is 0 Å². The van der Waals surface area contributed by atoms with Crippen LogP contribution in [0, 0.1) is 10.1 Å². The van der Waals surface area contributed by atoms with Crippen LogP contribution < -0.4 is 4.90 Å². The van der Waals surface area contributed by atoms with Crippen LogP contribution in [0.1, 0.15) is 12.0 Å². The van der Waals surface area contributed by atoms with E-state index >= 15 is 0 Å². The van der Waals surface area contributed by atoms with E-state index in [0.717, 1.165) is 16.9 Å². The summed E-state index contributed by atoms with van der Waals surface area (Å²) in [6.45, 7) is 0.311. The van der Waals surface area contributed by atoms with Gasteiger partial charge in [-0.05, 0) is 29.9 Å². The predicted molar refractivity (Wildman–Crippen MR) is 95.1 cm³/mol. The van der Waals surface area contributed by atoms with Crippen molar-refractivity contribution in [2.45, 2.75) is 12.8 Å². The molecule has 1 aliphatic heterocycles. The summed E-state index contributed by atoms with van der Waals surface area (Å²) in [5.41, 5.74) is 2.93. The molecule has 1 aliphatic carbocycles. The van der Waals surface area contributed by atoms with Crippen molar-refractivity contribution >= 4 is 17.4 Å². The molecule has 1 N–H and O–H groups in total. The van der Waals surface area contributed by atoms with Crippen molar-refractivity contribution in [3.05, 3.63) is 87.3 Å². The quantitative estimate of drug-likeness (QED) is 0.497. The second kappa shape index (κ2) is 7.18. The zero-order valence-electron chi connectivity index (χ0n) is 13.8. The number of nitro groups is 1. The Kier molecular flexibility index (Phi) is 4.79. The van der Waals surface area contributed by atoms with Gasteiger partial charge in [0.15, 0.2) is 5.78 Å². The third-order valence-electron chi connectivity index (χ3n) is 4.21. The van der Waals surface area contributed by atoms with Gasteiger partial charge in [-0.15, -0.1) is 0 Å². The maximum atomic E-state index is 11.9. The number of hydrogen-bond donors (Lipinski definition) is 1. The van der Waals surface area contributed by atoms with Gasteiger partial charge >= 0.3 is 5.97 Å². The first-order valence-electron chi connectivity index (χ1n) is 8.02. The maximum Gasteiger partial charge on any atom is 0.305 e. The van der Waals surface area contributed by atoms with Crippen LogP contribution in [0.2, 0.25) is 0 Å². The minimum atomic E-state index is -0.891. The summed E-state index contributed by atoms with van der Waals surface area (Å²) in [5, 5.41) is 19.9. The molecule has 0 amide bonds. The number of allylic oxidation sites excluding steroid dienone is 7. The molecular formula is C19H16N2O5. The summed E-state index contributed by atoms with van der Waals surface area (Å²) in [6, 6.07) is 7.69. The third kappa shape index (κ3) is 3.61. The minimum absolute atomic E-state index is 0.0186. The van der Waals surface area contributed by atoms with Crippen molar-refractivity contribution in [2.75, 3.05) is 11.4 Å². The molecule has 0 spiro atoms. The first-order valence-corrected chi connectivity index (χ1v) is 8.02. The van der Waals surface area contributed by atoms with Crippen LogP contribution in [0.15, 0.2) is 71.6 Å². The largest absolute Gasteiger partial charge is 0.481 e. The Morgan fingerprint density at radius 3 is 2.77 bits per heavy atom. The molecule has 0 unspecified atom stereocenters. The van der Waals surface area contributed by atoms with Gasteiger partial charge in [0.05, 0.1) is 11.3 Å². The van der Waals surface area contributed by atoms with E-state index in [1.165, 1.54) is 18.2 Å². The lowest BCUT2D eigenvalue weighted by atomic mass is 10.0. The number of fused-ring (bicyclic) bond motifs is 1. The van der Waals surface area contributed by atoms with E-state index in [0.29, 0.717) is 13.0 Å². The molecule has 7 nitrogen and oxygen atoms in total. The van der Waals surface area contributed by atoms with E-state index in [4.69, 9.17) is 5.11 Å². The number of rotatable bonds is 5. The number of ketones is 1. The fourth-order valence-electron chi connectivity index (χ4n) is 2.95. The zero-order valence-corrected chi connectivity index (χ0v) is 13.8.